The van der Waals surface area contributed by atoms with E-state index in [2.05, 4.69) is 40.0 Å². The van der Waals surface area contributed by atoms with Crippen molar-refractivity contribution in [3.63, 3.8) is 0 Å². The zero-order valence-corrected chi connectivity index (χ0v) is 21.5. The Morgan fingerprint density at radius 1 is 1.06 bits per heavy atom. The van der Waals surface area contributed by atoms with E-state index < -0.39 is 0 Å². The van der Waals surface area contributed by atoms with E-state index in [9.17, 15) is 4.79 Å². The van der Waals surface area contributed by atoms with Crippen LogP contribution in [0.25, 0.3) is 10.9 Å². The Hall–Kier alpha value is -2.90. The molecule has 2 N–H and O–H groups in total. The predicted molar refractivity (Wildman–Crippen MR) is 145 cm³/mol. The third-order valence-electron chi connectivity index (χ3n) is 6.08. The summed E-state index contributed by atoms with van der Waals surface area (Å²) in [4.78, 5) is 20.4. The number of aryl methyl sites for hydroxylation is 1. The molecule has 0 amide bonds. The van der Waals surface area contributed by atoms with Crippen LogP contribution in [-0.2, 0) is 13.1 Å². The van der Waals surface area contributed by atoms with Crippen molar-refractivity contribution in [2.75, 3.05) is 33.3 Å². The number of hydrogen-bond donors (Lipinski definition) is 2. The zero-order valence-electron chi connectivity index (χ0n) is 20.7. The predicted octanol–water partition coefficient (Wildman–Crippen LogP) is 4.45. The fourth-order valence-corrected chi connectivity index (χ4v) is 4.21. The highest BCUT2D eigenvalue weighted by molar-refractivity contribution is 7.80. The van der Waals surface area contributed by atoms with Gasteiger partial charge < -0.3 is 24.8 Å². The maximum Gasteiger partial charge on any atom is 0.253 e. The lowest BCUT2D eigenvalue weighted by molar-refractivity contribution is 0.299. The summed E-state index contributed by atoms with van der Waals surface area (Å²) in [7, 11) is 1.66. The molecule has 3 rings (SSSR count). The van der Waals surface area contributed by atoms with Crippen LogP contribution in [0.3, 0.4) is 0 Å². The molecule has 0 radical (unpaired) electrons. The van der Waals surface area contributed by atoms with Gasteiger partial charge in [0.25, 0.3) is 5.56 Å². The number of aromatic amines is 1. The number of aromatic nitrogens is 1. The van der Waals surface area contributed by atoms with Crippen molar-refractivity contribution in [2.45, 2.75) is 40.3 Å². The number of pyridine rings is 1. The number of rotatable bonds is 11. The van der Waals surface area contributed by atoms with Gasteiger partial charge in [-0.1, -0.05) is 38.1 Å². The molecule has 2 aromatic carbocycles. The Morgan fingerprint density at radius 2 is 1.79 bits per heavy atom. The van der Waals surface area contributed by atoms with Crippen molar-refractivity contribution in [2.24, 2.45) is 0 Å². The van der Waals surface area contributed by atoms with E-state index in [1.165, 1.54) is 0 Å². The highest BCUT2D eigenvalue weighted by Gasteiger charge is 2.14. The lowest BCUT2D eigenvalue weighted by atomic mass is 10.1. The Balaban J connectivity index is 1.77. The van der Waals surface area contributed by atoms with E-state index in [4.69, 9.17) is 17.0 Å². The maximum atomic E-state index is 12.9. The first kappa shape index (κ1) is 25.7. The third-order valence-corrected chi connectivity index (χ3v) is 6.48. The standard InChI is InChI=1S/C27H36N4O2S/c1-5-30(6-2)15-7-14-28-27(34)31(18-21-9-12-24(33-4)13-10-21)19-23-17-22-11-8-20(3)16-25(22)29-26(23)32/h8-13,16-17H,5-7,14-15,18-19H2,1-4H3,(H,28,34)(H,29,32). The van der Waals surface area contributed by atoms with Crippen LogP contribution >= 0.6 is 12.2 Å². The molecule has 0 fully saturated rings. The molecule has 0 spiro atoms. The second-order valence-corrected chi connectivity index (χ2v) is 8.92. The van der Waals surface area contributed by atoms with Crippen LogP contribution < -0.4 is 15.6 Å². The molecule has 0 aliphatic carbocycles. The summed E-state index contributed by atoms with van der Waals surface area (Å²) >= 11 is 5.78. The first-order valence-corrected chi connectivity index (χ1v) is 12.3. The van der Waals surface area contributed by atoms with Crippen molar-refractivity contribution in [1.29, 1.82) is 0 Å². The first-order valence-electron chi connectivity index (χ1n) is 11.9. The first-order chi connectivity index (χ1) is 16.4. The van der Waals surface area contributed by atoms with E-state index >= 15 is 0 Å². The highest BCUT2D eigenvalue weighted by Crippen LogP contribution is 2.17. The molecule has 6 nitrogen and oxygen atoms in total. The van der Waals surface area contributed by atoms with Crippen LogP contribution in [0.4, 0.5) is 0 Å². The Bertz CT molecular complexity index is 1140. The molecule has 182 valence electrons. The van der Waals surface area contributed by atoms with Crippen molar-refractivity contribution < 1.29 is 4.74 Å². The van der Waals surface area contributed by atoms with Crippen molar-refractivity contribution in [3.8, 4) is 5.75 Å². The van der Waals surface area contributed by atoms with Gasteiger partial charge in [0, 0.05) is 24.2 Å². The fraction of sp³-hybridized carbons (Fsp3) is 0.407. The number of benzene rings is 2. The van der Waals surface area contributed by atoms with Crippen molar-refractivity contribution >= 4 is 28.2 Å². The van der Waals surface area contributed by atoms with Gasteiger partial charge in [0.15, 0.2) is 5.11 Å². The monoisotopic (exact) mass is 480 g/mol. The molecular formula is C27H36N4O2S. The number of nitrogens with zero attached hydrogens (tertiary/aromatic N) is 2. The summed E-state index contributed by atoms with van der Waals surface area (Å²) in [5, 5.41) is 5.08. The number of thiocarbonyl (C=S) groups is 1. The molecule has 0 atom stereocenters. The second kappa shape index (κ2) is 12.5. The van der Waals surface area contributed by atoms with Crippen LogP contribution in [0.5, 0.6) is 5.75 Å². The molecule has 1 aromatic heterocycles. The van der Waals surface area contributed by atoms with Gasteiger partial charge in [-0.2, -0.15) is 0 Å². The molecule has 1 heterocycles. The van der Waals surface area contributed by atoms with E-state index in [-0.39, 0.29) is 5.56 Å². The molecule has 34 heavy (non-hydrogen) atoms. The summed E-state index contributed by atoms with van der Waals surface area (Å²) in [5.41, 5.74) is 3.68. The Morgan fingerprint density at radius 3 is 2.47 bits per heavy atom. The molecule has 0 saturated carbocycles. The van der Waals surface area contributed by atoms with Gasteiger partial charge in [0.05, 0.1) is 13.7 Å². The molecule has 3 aromatic rings. The number of fused-ring (bicyclic) bond motifs is 1. The average molecular weight is 481 g/mol. The maximum absolute atomic E-state index is 12.9. The molecule has 0 bridgehead atoms. The van der Waals surface area contributed by atoms with Crippen LogP contribution in [-0.4, -0.2) is 53.2 Å². The third kappa shape index (κ3) is 7.05. The average Bonchev–Trinajstić information content (AvgIpc) is 2.84. The van der Waals surface area contributed by atoms with Crippen LogP contribution in [0.15, 0.2) is 53.3 Å². The van der Waals surface area contributed by atoms with Crippen LogP contribution in [0, 0.1) is 6.92 Å². The van der Waals surface area contributed by atoms with E-state index in [0.29, 0.717) is 23.8 Å². The highest BCUT2D eigenvalue weighted by atomic mass is 32.1. The number of hydrogen-bond acceptors (Lipinski definition) is 4. The quantitative estimate of drug-likeness (QED) is 0.312. The fourth-order valence-electron chi connectivity index (χ4n) is 3.98. The molecule has 0 unspecified atom stereocenters. The van der Waals surface area contributed by atoms with E-state index in [0.717, 1.165) is 60.4 Å². The van der Waals surface area contributed by atoms with Gasteiger partial charge in [0.1, 0.15) is 5.75 Å². The summed E-state index contributed by atoms with van der Waals surface area (Å²) in [5.74, 6) is 0.814. The minimum Gasteiger partial charge on any atom is -0.497 e. The van der Waals surface area contributed by atoms with E-state index in [1.54, 1.807) is 7.11 Å². The van der Waals surface area contributed by atoms with Gasteiger partial charge in [0.2, 0.25) is 0 Å². The number of nitrogens with one attached hydrogen (secondary N) is 2. The minimum atomic E-state index is -0.0813. The van der Waals surface area contributed by atoms with Gasteiger partial charge in [-0.05, 0) is 86.0 Å². The van der Waals surface area contributed by atoms with Gasteiger partial charge >= 0.3 is 0 Å². The Kier molecular flexibility index (Phi) is 9.48. The van der Waals surface area contributed by atoms with Crippen LogP contribution in [0.1, 0.15) is 37.0 Å². The molecule has 7 heteroatoms. The number of ether oxygens (including phenoxy) is 1. The summed E-state index contributed by atoms with van der Waals surface area (Å²) in [6.45, 7) is 11.3. The number of H-pyrrole nitrogens is 1. The molecule has 0 aliphatic rings. The number of methoxy groups -OCH3 is 1. The smallest absolute Gasteiger partial charge is 0.253 e. The summed E-state index contributed by atoms with van der Waals surface area (Å²) in [6.07, 6.45) is 1.01. The Labute approximate surface area is 207 Å². The van der Waals surface area contributed by atoms with Gasteiger partial charge in [-0.3, -0.25) is 4.79 Å². The van der Waals surface area contributed by atoms with Crippen molar-refractivity contribution in [3.05, 3.63) is 75.6 Å². The molecule has 0 saturated heterocycles. The normalized spacial score (nSPS) is 11.1. The van der Waals surface area contributed by atoms with E-state index in [1.807, 2.05) is 49.4 Å². The SMILES string of the molecule is CCN(CC)CCCNC(=S)N(Cc1ccc(OC)cc1)Cc1cc2ccc(C)cc2[nH]c1=O. The minimum absolute atomic E-state index is 0.0813. The van der Waals surface area contributed by atoms with Crippen LogP contribution in [0.2, 0.25) is 0 Å². The topological polar surface area (TPSA) is 60.6 Å². The summed E-state index contributed by atoms with van der Waals surface area (Å²) in [6, 6.07) is 16.0. The summed E-state index contributed by atoms with van der Waals surface area (Å²) < 4.78 is 5.28. The lowest BCUT2D eigenvalue weighted by Crippen LogP contribution is -2.41. The zero-order chi connectivity index (χ0) is 24.5. The van der Waals surface area contributed by atoms with Crippen molar-refractivity contribution in [1.82, 2.24) is 20.1 Å². The largest absolute Gasteiger partial charge is 0.497 e. The molecule has 0 aliphatic heterocycles. The lowest BCUT2D eigenvalue weighted by Gasteiger charge is -2.26. The van der Waals surface area contributed by atoms with Gasteiger partial charge in [-0.15, -0.1) is 0 Å². The second-order valence-electron chi connectivity index (χ2n) is 8.53. The molecular weight excluding hydrogens is 444 g/mol. The van der Waals surface area contributed by atoms with Gasteiger partial charge in [-0.25, -0.2) is 0 Å².